The van der Waals surface area contributed by atoms with Crippen LogP contribution in [0.1, 0.15) is 26.5 Å². The van der Waals surface area contributed by atoms with E-state index < -0.39 is 0 Å². The Bertz CT molecular complexity index is 216. The van der Waals surface area contributed by atoms with Crippen molar-refractivity contribution in [2.24, 2.45) is 0 Å². The van der Waals surface area contributed by atoms with Crippen molar-refractivity contribution in [3.8, 4) is 5.75 Å². The summed E-state index contributed by atoms with van der Waals surface area (Å²) < 4.78 is 5.27. The van der Waals surface area contributed by atoms with Gasteiger partial charge in [-0.2, -0.15) is 0 Å². The zero-order valence-corrected chi connectivity index (χ0v) is 12.2. The van der Waals surface area contributed by atoms with Gasteiger partial charge in [0.2, 0.25) is 0 Å². The second-order valence-electron chi connectivity index (χ2n) is 2.02. The third-order valence-corrected chi connectivity index (χ3v) is 1.26. The molecular formula is C10H19NOSb. The summed E-state index contributed by atoms with van der Waals surface area (Å²) in [7, 11) is 0. The molecule has 0 aliphatic carbocycles. The van der Waals surface area contributed by atoms with E-state index in [1.165, 1.54) is 0 Å². The summed E-state index contributed by atoms with van der Waals surface area (Å²) in [6, 6.07) is 3.80. The molecule has 0 saturated carbocycles. The molecule has 0 aromatic carbocycles. The average Bonchev–Trinajstić information content (AvgIpc) is 2.13. The van der Waals surface area contributed by atoms with Crippen LogP contribution in [-0.4, -0.2) is 36.0 Å². The van der Waals surface area contributed by atoms with E-state index in [0.717, 1.165) is 11.4 Å². The predicted molar refractivity (Wildman–Crippen MR) is 60.0 cm³/mol. The van der Waals surface area contributed by atoms with Crippen molar-refractivity contribution in [2.75, 3.05) is 6.61 Å². The third-order valence-electron chi connectivity index (χ3n) is 1.26. The molecule has 1 aromatic heterocycles. The van der Waals surface area contributed by atoms with Crippen LogP contribution >= 0.6 is 0 Å². The van der Waals surface area contributed by atoms with Crippen LogP contribution in [0.3, 0.4) is 0 Å². The number of ether oxygens (including phenoxy) is 1. The summed E-state index contributed by atoms with van der Waals surface area (Å²) in [5.41, 5.74) is 0.948. The van der Waals surface area contributed by atoms with Crippen molar-refractivity contribution in [2.45, 2.75) is 27.7 Å². The summed E-state index contributed by atoms with van der Waals surface area (Å²) >= 11 is 0. The number of rotatable bonds is 2. The molecule has 0 saturated heterocycles. The van der Waals surface area contributed by atoms with Gasteiger partial charge in [0.1, 0.15) is 5.75 Å². The van der Waals surface area contributed by atoms with E-state index in [2.05, 4.69) is 4.98 Å². The Morgan fingerprint density at radius 3 is 2.46 bits per heavy atom. The van der Waals surface area contributed by atoms with Crippen molar-refractivity contribution in [1.29, 1.82) is 0 Å². The molecule has 1 heterocycles. The number of hydrogen-bond acceptors (Lipinski definition) is 2. The maximum absolute atomic E-state index is 5.27. The van der Waals surface area contributed by atoms with Gasteiger partial charge in [0.05, 0.1) is 12.3 Å². The number of nitrogens with zero attached hydrogens (tertiary/aromatic N) is 1. The normalized spacial score (nSPS) is 7.69. The summed E-state index contributed by atoms with van der Waals surface area (Å²) in [6.07, 6.45) is 1.76. The van der Waals surface area contributed by atoms with Gasteiger partial charge in [0, 0.05) is 6.20 Å². The fraction of sp³-hybridized carbons (Fsp3) is 0.500. The molecule has 0 N–H and O–H groups in total. The Morgan fingerprint density at radius 2 is 2.00 bits per heavy atom. The van der Waals surface area contributed by atoms with Crippen LogP contribution in [0.5, 0.6) is 5.75 Å². The Morgan fingerprint density at radius 1 is 1.38 bits per heavy atom. The van der Waals surface area contributed by atoms with Crippen molar-refractivity contribution in [3.63, 3.8) is 0 Å². The molecular weight excluding hydrogens is 272 g/mol. The SMILES string of the molecule is CC.CCOc1cccnc1C.[SbH2]. The molecule has 0 aliphatic heterocycles. The molecule has 13 heavy (non-hydrogen) atoms. The summed E-state index contributed by atoms with van der Waals surface area (Å²) in [5.74, 6) is 0.880. The standard InChI is InChI=1S/C8H11NO.C2H6.Sb.2H/c1-3-10-8-5-4-6-9-7(8)2;1-2;;;/h4-6H,3H2,1-2H3;1-2H3;;;. The van der Waals surface area contributed by atoms with E-state index in [-0.39, 0.29) is 24.4 Å². The van der Waals surface area contributed by atoms with Crippen LogP contribution in [0, 0.1) is 6.92 Å². The third kappa shape index (κ3) is 5.92. The summed E-state index contributed by atoms with van der Waals surface area (Å²) in [4.78, 5) is 4.07. The zero-order chi connectivity index (χ0) is 9.40. The first-order valence-electron chi connectivity index (χ1n) is 4.39. The van der Waals surface area contributed by atoms with Gasteiger partial charge in [0.25, 0.3) is 0 Å². The van der Waals surface area contributed by atoms with E-state index in [9.17, 15) is 0 Å². The van der Waals surface area contributed by atoms with E-state index in [1.807, 2.05) is 39.8 Å². The minimum absolute atomic E-state index is 0. The fourth-order valence-corrected chi connectivity index (χ4v) is 0.778. The first-order valence-corrected chi connectivity index (χ1v) is 4.39. The number of aromatic nitrogens is 1. The molecule has 0 amide bonds. The van der Waals surface area contributed by atoms with Crippen LogP contribution in [0.15, 0.2) is 18.3 Å². The van der Waals surface area contributed by atoms with Crippen molar-refractivity contribution in [3.05, 3.63) is 24.0 Å². The maximum atomic E-state index is 5.27. The quantitative estimate of drug-likeness (QED) is 0.776. The Hall–Kier alpha value is -0.232. The molecule has 3 heteroatoms. The second kappa shape index (κ2) is 9.85. The molecule has 0 bridgehead atoms. The van der Waals surface area contributed by atoms with Gasteiger partial charge in [0.15, 0.2) is 0 Å². The average molecular weight is 291 g/mol. The van der Waals surface area contributed by atoms with Gasteiger partial charge in [-0.3, -0.25) is 4.98 Å². The molecule has 0 unspecified atom stereocenters. The van der Waals surface area contributed by atoms with Crippen LogP contribution < -0.4 is 4.74 Å². The molecule has 1 rings (SSSR count). The molecule has 2 nitrogen and oxygen atoms in total. The second-order valence-corrected chi connectivity index (χ2v) is 2.02. The fourth-order valence-electron chi connectivity index (χ4n) is 0.778. The first-order chi connectivity index (χ1) is 5.84. The van der Waals surface area contributed by atoms with Crippen LogP contribution in [0.4, 0.5) is 0 Å². The van der Waals surface area contributed by atoms with Crippen molar-refractivity contribution < 1.29 is 4.74 Å². The first kappa shape index (κ1) is 15.2. The van der Waals surface area contributed by atoms with Crippen molar-refractivity contribution >= 4 is 24.4 Å². The van der Waals surface area contributed by atoms with Gasteiger partial charge >= 0.3 is 24.4 Å². The van der Waals surface area contributed by atoms with Gasteiger partial charge < -0.3 is 4.74 Å². The zero-order valence-electron chi connectivity index (χ0n) is 8.87. The van der Waals surface area contributed by atoms with Gasteiger partial charge in [-0.1, -0.05) is 13.8 Å². The Labute approximate surface area is 98.2 Å². The predicted octanol–water partition coefficient (Wildman–Crippen LogP) is 1.90. The molecule has 1 aromatic rings. The van der Waals surface area contributed by atoms with Crippen LogP contribution in [0.25, 0.3) is 0 Å². The van der Waals surface area contributed by atoms with Crippen LogP contribution in [0.2, 0.25) is 0 Å². The summed E-state index contributed by atoms with van der Waals surface area (Å²) in [6.45, 7) is 8.60. The van der Waals surface area contributed by atoms with Gasteiger partial charge in [-0.15, -0.1) is 0 Å². The molecule has 0 atom stereocenters. The Kier molecular flexibility index (Phi) is 11.6. The monoisotopic (exact) mass is 290 g/mol. The van der Waals surface area contributed by atoms with E-state index in [4.69, 9.17) is 4.74 Å². The van der Waals surface area contributed by atoms with Crippen LogP contribution in [-0.2, 0) is 0 Å². The van der Waals surface area contributed by atoms with Crippen molar-refractivity contribution in [1.82, 2.24) is 4.98 Å². The van der Waals surface area contributed by atoms with E-state index >= 15 is 0 Å². The molecule has 0 aliphatic rings. The number of aryl methyl sites for hydroxylation is 1. The van der Waals surface area contributed by atoms with E-state index in [1.54, 1.807) is 6.20 Å². The summed E-state index contributed by atoms with van der Waals surface area (Å²) in [5, 5.41) is 0. The molecule has 1 radical (unpaired) electrons. The molecule has 0 spiro atoms. The molecule has 75 valence electrons. The number of hydrogen-bond donors (Lipinski definition) is 0. The van der Waals surface area contributed by atoms with Gasteiger partial charge in [-0.05, 0) is 26.0 Å². The topological polar surface area (TPSA) is 22.1 Å². The van der Waals surface area contributed by atoms with Gasteiger partial charge in [-0.25, -0.2) is 0 Å². The number of pyridine rings is 1. The minimum atomic E-state index is 0. The van der Waals surface area contributed by atoms with E-state index in [0.29, 0.717) is 6.61 Å². The molecule has 0 fully saturated rings. The Balaban J connectivity index is 0.